The molecule has 26 heavy (non-hydrogen) atoms. The van der Waals surface area contributed by atoms with Crippen molar-refractivity contribution >= 4 is 29.0 Å². The monoisotopic (exact) mass is 385 g/mol. The molecule has 1 N–H and O–H groups in total. The Hall–Kier alpha value is -1.14. The van der Waals surface area contributed by atoms with E-state index in [0.29, 0.717) is 17.0 Å². The Morgan fingerprint density at radius 3 is 2.35 bits per heavy atom. The van der Waals surface area contributed by atoms with Crippen LogP contribution in [0.15, 0.2) is 18.2 Å². The first-order chi connectivity index (χ1) is 12.4. The predicted molar refractivity (Wildman–Crippen MR) is 116 cm³/mol. The third-order valence-electron chi connectivity index (χ3n) is 4.41. The fourth-order valence-corrected chi connectivity index (χ4v) is 3.20. The van der Waals surface area contributed by atoms with Crippen molar-refractivity contribution in [1.29, 1.82) is 0 Å². The zero-order chi connectivity index (χ0) is 20.5. The summed E-state index contributed by atoms with van der Waals surface area (Å²) in [5.41, 5.74) is 0. The van der Waals surface area contributed by atoms with Gasteiger partial charge in [0.05, 0.1) is 6.04 Å². The number of hydrogen-bond donors (Lipinski definition) is 1. The van der Waals surface area contributed by atoms with E-state index in [1.54, 1.807) is 7.05 Å². The van der Waals surface area contributed by atoms with Gasteiger partial charge in [-0.1, -0.05) is 26.7 Å². The number of hydrogen-bond acceptors (Lipinski definition) is 5. The maximum atomic E-state index is 12.1. The Morgan fingerprint density at radius 1 is 1.38 bits per heavy atom. The fraction of sp³-hybridized carbons (Fsp3) is 0.750. The van der Waals surface area contributed by atoms with E-state index in [-0.39, 0.29) is 11.9 Å². The lowest BCUT2D eigenvalue weighted by atomic mass is 9.85. The second-order valence-electron chi connectivity index (χ2n) is 6.40. The van der Waals surface area contributed by atoms with Crippen molar-refractivity contribution in [3.8, 4) is 0 Å². The first-order valence-corrected chi connectivity index (χ1v) is 10.6. The standard InChI is InChI=1S/C14H28N2O.C4H7NOS.C2H4/c1-5-10-16(4)14(17)12(3)15-13-9-7-6-8-11(13)2;1-5-4(3-6)7-2;1-2/h11-13,15H,5-10H2,1-4H3;3H,1-2H3;1-2H2/t11?,12?,13-;;/m0../s1. The summed E-state index contributed by atoms with van der Waals surface area (Å²) in [6, 6.07) is 0.481. The highest BCUT2D eigenvalue weighted by Crippen LogP contribution is 2.24. The van der Waals surface area contributed by atoms with Gasteiger partial charge in [-0.3, -0.25) is 14.6 Å². The number of nitrogens with one attached hydrogen (secondary N) is 1. The van der Waals surface area contributed by atoms with Crippen LogP contribution in [-0.2, 0) is 9.59 Å². The van der Waals surface area contributed by atoms with Gasteiger partial charge in [0, 0.05) is 26.7 Å². The average molecular weight is 386 g/mol. The van der Waals surface area contributed by atoms with E-state index in [4.69, 9.17) is 0 Å². The number of thioether (sulfide) groups is 1. The molecule has 1 fully saturated rings. The Bertz CT molecular complexity index is 416. The average Bonchev–Trinajstić information content (AvgIpc) is 2.66. The van der Waals surface area contributed by atoms with Gasteiger partial charge in [0.1, 0.15) is 5.04 Å². The Labute approximate surface area is 165 Å². The second kappa shape index (κ2) is 17.3. The fourth-order valence-electron chi connectivity index (χ4n) is 2.92. The highest BCUT2D eigenvalue weighted by atomic mass is 32.2. The molecule has 1 amide bonds. The Kier molecular flexibility index (Phi) is 18.0. The van der Waals surface area contributed by atoms with Gasteiger partial charge < -0.3 is 10.2 Å². The van der Waals surface area contributed by atoms with Gasteiger partial charge in [-0.15, -0.1) is 24.9 Å². The van der Waals surface area contributed by atoms with Crippen molar-refractivity contribution in [2.75, 3.05) is 26.9 Å². The number of likely N-dealkylation sites (N-methyl/N-ethyl adjacent to an activating group) is 1. The van der Waals surface area contributed by atoms with Gasteiger partial charge in [-0.2, -0.15) is 0 Å². The van der Waals surface area contributed by atoms with Crippen LogP contribution in [0.3, 0.4) is 0 Å². The van der Waals surface area contributed by atoms with Gasteiger partial charge in [-0.05, 0) is 38.4 Å². The third kappa shape index (κ3) is 11.5. The number of aliphatic imine (C=N–C) groups is 1. The number of carbonyl (C=O) groups excluding carboxylic acids is 2. The van der Waals surface area contributed by atoms with Crippen molar-refractivity contribution in [2.45, 2.75) is 65.0 Å². The summed E-state index contributed by atoms with van der Waals surface area (Å²) in [4.78, 5) is 27.4. The highest BCUT2D eigenvalue weighted by Gasteiger charge is 2.25. The number of amides is 1. The molecule has 1 rings (SSSR count). The number of rotatable bonds is 6. The molecule has 0 aromatic carbocycles. The van der Waals surface area contributed by atoms with Crippen LogP contribution < -0.4 is 5.32 Å². The maximum Gasteiger partial charge on any atom is 0.239 e. The van der Waals surface area contributed by atoms with Crippen LogP contribution in [0.5, 0.6) is 0 Å². The van der Waals surface area contributed by atoms with Gasteiger partial charge in [0.15, 0.2) is 6.29 Å². The zero-order valence-electron chi connectivity index (χ0n) is 17.6. The highest BCUT2D eigenvalue weighted by molar-refractivity contribution is 8.14. The SMILES string of the molecule is C=C.CCCN(C)C(=O)C(C)N[C@H]1CCCCC1C.CN=C(C=O)SC. The summed E-state index contributed by atoms with van der Waals surface area (Å²) in [7, 11) is 3.49. The molecule has 152 valence electrons. The Balaban J connectivity index is 0. The van der Waals surface area contributed by atoms with E-state index >= 15 is 0 Å². The molecular formula is C20H39N3O2S. The first-order valence-electron chi connectivity index (χ1n) is 9.38. The van der Waals surface area contributed by atoms with Crippen LogP contribution in [0, 0.1) is 5.92 Å². The molecule has 2 unspecified atom stereocenters. The molecule has 0 aromatic rings. The van der Waals surface area contributed by atoms with E-state index in [1.807, 2.05) is 25.1 Å². The Morgan fingerprint density at radius 2 is 1.96 bits per heavy atom. The molecule has 5 nitrogen and oxygen atoms in total. The van der Waals surface area contributed by atoms with E-state index in [2.05, 4.69) is 37.3 Å². The van der Waals surface area contributed by atoms with Gasteiger partial charge in [0.25, 0.3) is 0 Å². The van der Waals surface area contributed by atoms with Crippen LogP contribution in [0.2, 0.25) is 0 Å². The topological polar surface area (TPSA) is 61.8 Å². The third-order valence-corrected chi connectivity index (χ3v) is 5.11. The molecule has 0 aliphatic heterocycles. The molecule has 0 heterocycles. The lowest BCUT2D eigenvalue weighted by molar-refractivity contribution is -0.132. The quantitative estimate of drug-likeness (QED) is 0.327. The molecule has 6 heteroatoms. The van der Waals surface area contributed by atoms with Gasteiger partial charge in [0.2, 0.25) is 5.91 Å². The van der Waals surface area contributed by atoms with Crippen LogP contribution in [0.4, 0.5) is 0 Å². The molecule has 0 aromatic heterocycles. The van der Waals surface area contributed by atoms with Crippen LogP contribution in [-0.4, -0.2) is 61.1 Å². The molecule has 0 bridgehead atoms. The minimum atomic E-state index is -0.0444. The van der Waals surface area contributed by atoms with Gasteiger partial charge in [-0.25, -0.2) is 0 Å². The van der Waals surface area contributed by atoms with Crippen LogP contribution >= 0.6 is 11.8 Å². The minimum Gasteiger partial charge on any atom is -0.344 e. The lowest BCUT2D eigenvalue weighted by Gasteiger charge is -2.33. The maximum absolute atomic E-state index is 12.1. The summed E-state index contributed by atoms with van der Waals surface area (Å²) < 4.78 is 0. The summed E-state index contributed by atoms with van der Waals surface area (Å²) in [6.45, 7) is 13.2. The number of aldehydes is 1. The molecule has 1 aliphatic rings. The van der Waals surface area contributed by atoms with E-state index in [1.165, 1.54) is 37.4 Å². The molecular weight excluding hydrogens is 346 g/mol. The van der Waals surface area contributed by atoms with Crippen LogP contribution in [0.1, 0.15) is 52.9 Å². The van der Waals surface area contributed by atoms with E-state index in [9.17, 15) is 9.59 Å². The molecule has 1 saturated carbocycles. The van der Waals surface area contributed by atoms with Crippen LogP contribution in [0.25, 0.3) is 0 Å². The molecule has 3 atom stereocenters. The van der Waals surface area contributed by atoms with Gasteiger partial charge >= 0.3 is 0 Å². The summed E-state index contributed by atoms with van der Waals surface area (Å²) in [5.74, 6) is 0.931. The summed E-state index contributed by atoms with van der Waals surface area (Å²) in [5, 5.41) is 4.06. The lowest BCUT2D eigenvalue weighted by Crippen LogP contribution is -2.49. The van der Waals surface area contributed by atoms with Crippen molar-refractivity contribution < 1.29 is 9.59 Å². The van der Waals surface area contributed by atoms with E-state index in [0.717, 1.165) is 19.3 Å². The zero-order valence-corrected chi connectivity index (χ0v) is 18.4. The van der Waals surface area contributed by atoms with E-state index < -0.39 is 0 Å². The minimum absolute atomic E-state index is 0.0444. The summed E-state index contributed by atoms with van der Waals surface area (Å²) >= 11 is 1.35. The predicted octanol–water partition coefficient (Wildman–Crippen LogP) is 3.79. The van der Waals surface area contributed by atoms with Crippen molar-refractivity contribution in [1.82, 2.24) is 10.2 Å². The second-order valence-corrected chi connectivity index (χ2v) is 7.23. The molecule has 0 radical (unpaired) electrons. The normalized spacial score (nSPS) is 20.6. The van der Waals surface area contributed by atoms with Crippen molar-refractivity contribution in [3.63, 3.8) is 0 Å². The largest absolute Gasteiger partial charge is 0.344 e. The molecule has 0 saturated heterocycles. The van der Waals surface area contributed by atoms with Crippen molar-refractivity contribution in [2.24, 2.45) is 10.9 Å². The molecule has 1 aliphatic carbocycles. The summed E-state index contributed by atoms with van der Waals surface area (Å²) in [6.07, 6.45) is 8.74. The number of carbonyl (C=O) groups is 2. The van der Waals surface area contributed by atoms with Crippen molar-refractivity contribution in [3.05, 3.63) is 13.2 Å². The molecule has 0 spiro atoms. The first kappa shape index (κ1) is 27.1. The number of nitrogens with zero attached hydrogens (tertiary/aromatic N) is 2. The smallest absolute Gasteiger partial charge is 0.239 e.